The molecule has 3 heteroatoms. The molecule has 0 aromatic heterocycles. The van der Waals surface area contributed by atoms with Crippen LogP contribution in [0.5, 0.6) is 5.75 Å². The summed E-state index contributed by atoms with van der Waals surface area (Å²) in [6.45, 7) is 13.3. The summed E-state index contributed by atoms with van der Waals surface area (Å²) in [5.74, 6) is 1.75. The van der Waals surface area contributed by atoms with Crippen LogP contribution in [0.15, 0.2) is 224 Å². The van der Waals surface area contributed by atoms with Crippen molar-refractivity contribution in [1.29, 1.82) is 0 Å². The minimum Gasteiger partial charge on any atom is -0.491 e. The molecule has 0 fully saturated rings. The van der Waals surface area contributed by atoms with Gasteiger partial charge in [0.15, 0.2) is 0 Å². The number of anilines is 6. The molecule has 0 aliphatic rings. The Morgan fingerprint density at radius 1 is 0.320 bits per heavy atom. The number of benzene rings is 11. The number of ether oxygens (including phenoxy) is 1. The van der Waals surface area contributed by atoms with E-state index in [2.05, 4.69) is 276 Å². The highest BCUT2D eigenvalue weighted by Crippen LogP contribution is 2.57. The predicted molar refractivity (Wildman–Crippen MR) is 323 cm³/mol. The van der Waals surface area contributed by atoms with Crippen LogP contribution >= 0.6 is 0 Å². The van der Waals surface area contributed by atoms with Gasteiger partial charge in [-0.15, -0.1) is 0 Å². The Morgan fingerprint density at radius 3 is 1.05 bits per heavy atom. The van der Waals surface area contributed by atoms with Crippen LogP contribution in [0.25, 0.3) is 86.9 Å². The summed E-state index contributed by atoms with van der Waals surface area (Å²) >= 11 is 0. The minimum absolute atomic E-state index is 0.137. The van der Waals surface area contributed by atoms with Gasteiger partial charge in [0.2, 0.25) is 0 Å². The second-order valence-electron chi connectivity index (χ2n) is 21.0. The first-order valence-corrected chi connectivity index (χ1v) is 26.9. The van der Waals surface area contributed by atoms with E-state index in [1.165, 1.54) is 98.0 Å². The summed E-state index contributed by atoms with van der Waals surface area (Å²) in [4.78, 5) is 4.88. The molecule has 3 nitrogen and oxygen atoms in total. The first kappa shape index (κ1) is 46.1. The number of rotatable bonds is 13. The number of hydrogen-bond donors (Lipinski definition) is 0. The molecule has 0 spiro atoms. The van der Waals surface area contributed by atoms with E-state index < -0.39 is 0 Å². The number of nitrogens with zero attached hydrogens (tertiary/aromatic N) is 2. The zero-order valence-electron chi connectivity index (χ0n) is 43.6. The van der Waals surface area contributed by atoms with Crippen molar-refractivity contribution in [2.45, 2.75) is 65.9 Å². The molecule has 0 aliphatic carbocycles. The molecule has 364 valence electrons. The molecule has 0 N–H and O–H groups in total. The van der Waals surface area contributed by atoms with Crippen molar-refractivity contribution in [3.05, 3.63) is 236 Å². The van der Waals surface area contributed by atoms with Gasteiger partial charge in [-0.3, -0.25) is 0 Å². The molecule has 75 heavy (non-hydrogen) atoms. The lowest BCUT2D eigenvalue weighted by atomic mass is 9.87. The molecule has 0 amide bonds. The van der Waals surface area contributed by atoms with Gasteiger partial charge in [-0.1, -0.05) is 186 Å². The highest BCUT2D eigenvalue weighted by molar-refractivity contribution is 6.47. The van der Waals surface area contributed by atoms with E-state index in [0.29, 0.717) is 11.8 Å². The van der Waals surface area contributed by atoms with Crippen LogP contribution in [0.4, 0.5) is 34.1 Å². The third-order valence-corrected chi connectivity index (χ3v) is 15.9. The molecule has 13 aromatic carbocycles. The maximum absolute atomic E-state index is 6.31. The summed E-state index contributed by atoms with van der Waals surface area (Å²) in [5, 5.41) is 15.2. The summed E-state index contributed by atoms with van der Waals surface area (Å²) < 4.78 is 6.31. The second-order valence-corrected chi connectivity index (χ2v) is 21.0. The lowest BCUT2D eigenvalue weighted by Gasteiger charge is -2.27. The summed E-state index contributed by atoms with van der Waals surface area (Å²) in [7, 11) is 0. The van der Waals surface area contributed by atoms with E-state index in [0.717, 1.165) is 46.3 Å². The van der Waals surface area contributed by atoms with Crippen molar-refractivity contribution in [3.63, 3.8) is 0 Å². The molecule has 13 rings (SSSR count). The van der Waals surface area contributed by atoms with Crippen LogP contribution in [0.2, 0.25) is 0 Å². The van der Waals surface area contributed by atoms with Gasteiger partial charge in [0.05, 0.1) is 17.5 Å². The molecule has 0 saturated heterocycles. The zero-order chi connectivity index (χ0) is 50.9. The Hall–Kier alpha value is -8.66. The largest absolute Gasteiger partial charge is 0.491 e. The molecular weight excluding hydrogens is 909 g/mol. The molecule has 1 unspecified atom stereocenters. The number of hydrogen-bond acceptors (Lipinski definition) is 3. The Morgan fingerprint density at radius 2 is 0.667 bits per heavy atom. The summed E-state index contributed by atoms with van der Waals surface area (Å²) in [5.41, 5.74) is 14.4. The first-order chi connectivity index (χ1) is 36.8. The van der Waals surface area contributed by atoms with Gasteiger partial charge >= 0.3 is 0 Å². The normalized spacial score (nSPS) is 12.4. The molecule has 0 bridgehead atoms. The van der Waals surface area contributed by atoms with Crippen LogP contribution in [-0.4, -0.2) is 6.10 Å². The van der Waals surface area contributed by atoms with Gasteiger partial charge in [-0.25, -0.2) is 0 Å². The van der Waals surface area contributed by atoms with E-state index in [9.17, 15) is 0 Å². The molecule has 0 radical (unpaired) electrons. The minimum atomic E-state index is 0.137. The Kier molecular flexibility index (Phi) is 11.5. The summed E-state index contributed by atoms with van der Waals surface area (Å²) in [6.07, 6.45) is 1.09. The van der Waals surface area contributed by atoms with Gasteiger partial charge in [0.25, 0.3) is 0 Å². The highest BCUT2D eigenvalue weighted by Gasteiger charge is 2.30. The molecule has 13 aromatic rings. The maximum Gasteiger partial charge on any atom is 0.119 e. The van der Waals surface area contributed by atoms with Gasteiger partial charge in [0, 0.05) is 33.5 Å². The molecular formula is C72H60N2O. The second kappa shape index (κ2) is 18.7. The third-order valence-electron chi connectivity index (χ3n) is 15.9. The van der Waals surface area contributed by atoms with Crippen molar-refractivity contribution in [1.82, 2.24) is 0 Å². The molecule has 1 atom stereocenters. The van der Waals surface area contributed by atoms with Gasteiger partial charge < -0.3 is 14.5 Å². The van der Waals surface area contributed by atoms with Gasteiger partial charge in [-0.05, 0) is 185 Å². The van der Waals surface area contributed by atoms with Crippen LogP contribution in [0.1, 0.15) is 70.9 Å². The Labute approximate surface area is 440 Å². The average Bonchev–Trinajstić information content (AvgIpc) is 4.09. The van der Waals surface area contributed by atoms with E-state index >= 15 is 0 Å². The van der Waals surface area contributed by atoms with E-state index in [1.54, 1.807) is 0 Å². The number of para-hydroxylation sites is 1. The van der Waals surface area contributed by atoms with E-state index in [-0.39, 0.29) is 6.10 Å². The lowest BCUT2D eigenvalue weighted by Crippen LogP contribution is -2.12. The fourth-order valence-corrected chi connectivity index (χ4v) is 12.1. The quantitative estimate of drug-likeness (QED) is 0.115. The molecule has 0 heterocycles. The fourth-order valence-electron chi connectivity index (χ4n) is 12.1. The smallest absolute Gasteiger partial charge is 0.119 e. The van der Waals surface area contributed by atoms with Crippen molar-refractivity contribution in [2.75, 3.05) is 9.80 Å². The molecule has 0 saturated carbocycles. The van der Waals surface area contributed by atoms with Crippen molar-refractivity contribution >= 4 is 98.8 Å². The third kappa shape index (κ3) is 7.63. The predicted octanol–water partition coefficient (Wildman–Crippen LogP) is 21.2. The van der Waals surface area contributed by atoms with E-state index in [4.69, 9.17) is 4.74 Å². The van der Waals surface area contributed by atoms with Crippen molar-refractivity contribution in [3.8, 4) is 28.0 Å². The van der Waals surface area contributed by atoms with Crippen molar-refractivity contribution in [2.24, 2.45) is 0 Å². The Balaban J connectivity index is 1.13. The monoisotopic (exact) mass is 968 g/mol. The van der Waals surface area contributed by atoms with Gasteiger partial charge in [0.1, 0.15) is 5.75 Å². The highest BCUT2D eigenvalue weighted by atomic mass is 16.5. The van der Waals surface area contributed by atoms with Crippen LogP contribution in [0.3, 0.4) is 0 Å². The van der Waals surface area contributed by atoms with Crippen molar-refractivity contribution < 1.29 is 4.74 Å². The zero-order valence-corrected chi connectivity index (χ0v) is 43.6. The standard InChI is InChI=1S/C72H60N2O/c1-7-47(6)75-56-39-37-55(38-40-56)74(54-35-31-49(32-36-54)46(4)5)64-44-42-62-68-58(64)26-18-28-60(68)70-66(51-21-13-9-14-22-51)71-61-41-43-63(73(52-23-15-10-16-24-52)53-33-29-48(30-34-53)45(2)3)57-25-17-27-59(67(57)61)69(71)65(72(62)70)50-19-11-8-12-20-50/h8-47H,7H2,1-6H3. The lowest BCUT2D eigenvalue weighted by molar-refractivity contribution is 0.217. The fraction of sp³-hybridized carbons (Fsp3) is 0.139. The van der Waals surface area contributed by atoms with Crippen LogP contribution in [-0.2, 0) is 0 Å². The van der Waals surface area contributed by atoms with Crippen LogP contribution in [0, 0.1) is 0 Å². The van der Waals surface area contributed by atoms with Gasteiger partial charge in [-0.2, -0.15) is 0 Å². The SMILES string of the molecule is CCC(C)Oc1ccc(N(c2ccc(C(C)C)cc2)c2ccc3c4c(-c5ccccc5)c5c6cccc7c(N(c8ccccc8)c8ccc(C(C)C)cc8)ccc(c5c(-c5ccccc5)c4c4cccc2c43)c76)cc1. The Bertz CT molecular complexity index is 4070. The topological polar surface area (TPSA) is 15.7 Å². The molecule has 0 aliphatic heterocycles. The number of fused-ring (bicyclic) bond motifs is 6. The average molecular weight is 969 g/mol. The van der Waals surface area contributed by atoms with E-state index in [1.807, 2.05) is 0 Å². The summed E-state index contributed by atoms with van der Waals surface area (Å²) in [6, 6.07) is 83.7. The van der Waals surface area contributed by atoms with Crippen LogP contribution < -0.4 is 14.5 Å². The maximum atomic E-state index is 6.31. The first-order valence-electron chi connectivity index (χ1n) is 26.9.